The molecule has 5 heteroatoms. The zero-order chi connectivity index (χ0) is 18.7. The topological polar surface area (TPSA) is 32.3 Å². The minimum Gasteiger partial charge on any atom is -0.345 e. The van der Waals surface area contributed by atoms with Gasteiger partial charge in [-0.25, -0.2) is 0 Å². The maximum absolute atomic E-state index is 12.9. The molecule has 2 unspecified atom stereocenters. The highest BCUT2D eigenvalue weighted by Gasteiger charge is 2.34. The molecule has 26 heavy (non-hydrogen) atoms. The van der Waals surface area contributed by atoms with E-state index in [9.17, 15) is 4.79 Å². The summed E-state index contributed by atoms with van der Waals surface area (Å²) in [5.41, 5.74) is 3.08. The third-order valence-electron chi connectivity index (χ3n) is 5.19. The highest BCUT2D eigenvalue weighted by Crippen LogP contribution is 2.38. The summed E-state index contributed by atoms with van der Waals surface area (Å²) in [7, 11) is 0. The first-order valence-electron chi connectivity index (χ1n) is 9.11. The van der Waals surface area contributed by atoms with Crippen molar-refractivity contribution in [3.63, 3.8) is 0 Å². The maximum Gasteiger partial charge on any atom is 0.228 e. The molecule has 1 amide bonds. The largest absolute Gasteiger partial charge is 0.345 e. The molecule has 1 aliphatic heterocycles. The first kappa shape index (κ1) is 19.2. The summed E-state index contributed by atoms with van der Waals surface area (Å²) in [6.07, 6.45) is 0.811. The fourth-order valence-electron chi connectivity index (χ4n) is 3.67. The molecule has 2 aromatic rings. The number of hydrogen-bond donors (Lipinski definition) is 1. The van der Waals surface area contributed by atoms with Crippen molar-refractivity contribution in [2.24, 2.45) is 0 Å². The Kier molecular flexibility index (Phi) is 6.23. The highest BCUT2D eigenvalue weighted by molar-refractivity contribution is 6.35. The summed E-state index contributed by atoms with van der Waals surface area (Å²) in [6, 6.07) is 13.3. The van der Waals surface area contributed by atoms with E-state index >= 15 is 0 Å². The molecule has 0 saturated heterocycles. The van der Waals surface area contributed by atoms with Crippen LogP contribution in [0, 0.1) is 0 Å². The number of benzene rings is 2. The third kappa shape index (κ3) is 3.90. The van der Waals surface area contributed by atoms with Gasteiger partial charge in [0.05, 0.1) is 12.0 Å². The Hall–Kier alpha value is -1.55. The number of halogens is 2. The SMILES string of the molecule is CCN(CC)CCC1C(=O)NC(c2ccc(Cl)cc2Cl)c2ccccc21. The minimum atomic E-state index is -0.242. The van der Waals surface area contributed by atoms with Gasteiger partial charge < -0.3 is 10.2 Å². The van der Waals surface area contributed by atoms with Gasteiger partial charge in [-0.2, -0.15) is 0 Å². The van der Waals surface area contributed by atoms with E-state index in [0.29, 0.717) is 10.0 Å². The van der Waals surface area contributed by atoms with Gasteiger partial charge in [-0.15, -0.1) is 0 Å². The lowest BCUT2D eigenvalue weighted by atomic mass is 9.82. The molecule has 138 valence electrons. The molecule has 0 fully saturated rings. The smallest absolute Gasteiger partial charge is 0.228 e. The second-order valence-electron chi connectivity index (χ2n) is 6.60. The van der Waals surface area contributed by atoms with Gasteiger partial charge >= 0.3 is 0 Å². The van der Waals surface area contributed by atoms with E-state index in [0.717, 1.165) is 42.7 Å². The van der Waals surface area contributed by atoms with E-state index in [2.05, 4.69) is 36.2 Å². The molecular formula is C21H24Cl2N2O. The Bertz CT molecular complexity index is 789. The maximum atomic E-state index is 12.9. The summed E-state index contributed by atoms with van der Waals surface area (Å²) in [5, 5.41) is 4.33. The standard InChI is InChI=1S/C21H24Cl2N2O/c1-3-25(4-2)12-11-17-15-7-5-6-8-16(15)20(24-21(17)26)18-10-9-14(22)13-19(18)23/h5-10,13,17,20H,3-4,11-12H2,1-2H3,(H,24,26). The Morgan fingerprint density at radius 3 is 2.35 bits per heavy atom. The Labute approximate surface area is 165 Å². The van der Waals surface area contributed by atoms with Gasteiger partial charge in [0.15, 0.2) is 0 Å². The normalized spacial score (nSPS) is 19.3. The number of carbonyl (C=O) groups is 1. The van der Waals surface area contributed by atoms with Crippen LogP contribution in [0.1, 0.15) is 48.9 Å². The van der Waals surface area contributed by atoms with Crippen LogP contribution in [0.15, 0.2) is 42.5 Å². The van der Waals surface area contributed by atoms with Crippen molar-refractivity contribution in [2.45, 2.75) is 32.2 Å². The fourth-order valence-corrected chi connectivity index (χ4v) is 4.19. The monoisotopic (exact) mass is 390 g/mol. The first-order valence-corrected chi connectivity index (χ1v) is 9.87. The molecule has 3 rings (SSSR count). The molecule has 2 atom stereocenters. The molecule has 1 N–H and O–H groups in total. The van der Waals surface area contributed by atoms with Gasteiger partial charge in [0.2, 0.25) is 5.91 Å². The van der Waals surface area contributed by atoms with Crippen LogP contribution in [0.4, 0.5) is 0 Å². The molecule has 1 heterocycles. The van der Waals surface area contributed by atoms with Crippen LogP contribution >= 0.6 is 23.2 Å². The quantitative estimate of drug-likeness (QED) is 0.749. The van der Waals surface area contributed by atoms with Gasteiger partial charge in [-0.05, 0) is 54.9 Å². The van der Waals surface area contributed by atoms with Crippen molar-refractivity contribution in [1.29, 1.82) is 0 Å². The Morgan fingerprint density at radius 1 is 1.00 bits per heavy atom. The van der Waals surface area contributed by atoms with E-state index in [4.69, 9.17) is 23.2 Å². The van der Waals surface area contributed by atoms with Crippen LogP contribution in [0.3, 0.4) is 0 Å². The van der Waals surface area contributed by atoms with E-state index in [-0.39, 0.29) is 17.9 Å². The molecular weight excluding hydrogens is 367 g/mol. The second-order valence-corrected chi connectivity index (χ2v) is 7.45. The summed E-state index contributed by atoms with van der Waals surface area (Å²) in [5.74, 6) is -0.0685. The Balaban J connectivity index is 1.94. The molecule has 0 aromatic heterocycles. The van der Waals surface area contributed by atoms with Gasteiger partial charge in [-0.3, -0.25) is 4.79 Å². The molecule has 0 radical (unpaired) electrons. The Morgan fingerprint density at radius 2 is 1.69 bits per heavy atom. The third-order valence-corrected chi connectivity index (χ3v) is 5.75. The van der Waals surface area contributed by atoms with Gasteiger partial charge in [0.1, 0.15) is 0 Å². The van der Waals surface area contributed by atoms with Crippen molar-refractivity contribution in [1.82, 2.24) is 10.2 Å². The van der Waals surface area contributed by atoms with Crippen molar-refractivity contribution >= 4 is 29.1 Å². The molecule has 0 aliphatic carbocycles. The molecule has 0 spiro atoms. The summed E-state index contributed by atoms with van der Waals surface area (Å²) < 4.78 is 0. The number of rotatable bonds is 6. The minimum absolute atomic E-state index is 0.0619. The predicted molar refractivity (Wildman–Crippen MR) is 108 cm³/mol. The number of hydrogen-bond acceptors (Lipinski definition) is 2. The number of fused-ring (bicyclic) bond motifs is 1. The van der Waals surface area contributed by atoms with Gasteiger partial charge in [0.25, 0.3) is 0 Å². The average molecular weight is 391 g/mol. The van der Waals surface area contributed by atoms with Crippen LogP contribution in [0.25, 0.3) is 0 Å². The van der Waals surface area contributed by atoms with Crippen molar-refractivity contribution in [3.8, 4) is 0 Å². The lowest BCUT2D eigenvalue weighted by molar-refractivity contribution is -0.124. The number of carbonyl (C=O) groups excluding carboxylic acids is 1. The summed E-state index contributed by atoms with van der Waals surface area (Å²) >= 11 is 12.4. The van der Waals surface area contributed by atoms with Crippen LogP contribution in [0.2, 0.25) is 10.0 Å². The zero-order valence-electron chi connectivity index (χ0n) is 15.1. The van der Waals surface area contributed by atoms with Crippen molar-refractivity contribution in [3.05, 3.63) is 69.2 Å². The van der Waals surface area contributed by atoms with Crippen LogP contribution in [0.5, 0.6) is 0 Å². The number of nitrogens with one attached hydrogen (secondary N) is 1. The summed E-state index contributed by atoms with van der Waals surface area (Å²) in [6.45, 7) is 7.20. The van der Waals surface area contributed by atoms with Crippen molar-refractivity contribution < 1.29 is 4.79 Å². The number of nitrogens with zero attached hydrogens (tertiary/aromatic N) is 1. The van der Waals surface area contributed by atoms with Gasteiger partial charge in [0, 0.05) is 10.0 Å². The fraction of sp³-hybridized carbons (Fsp3) is 0.381. The molecule has 3 nitrogen and oxygen atoms in total. The summed E-state index contributed by atoms with van der Waals surface area (Å²) in [4.78, 5) is 15.3. The van der Waals surface area contributed by atoms with Crippen LogP contribution < -0.4 is 5.32 Å². The van der Waals surface area contributed by atoms with Crippen LogP contribution in [-0.2, 0) is 4.79 Å². The first-order chi connectivity index (χ1) is 12.5. The molecule has 2 aromatic carbocycles. The zero-order valence-corrected chi connectivity index (χ0v) is 16.6. The van der Waals surface area contributed by atoms with E-state index in [1.165, 1.54) is 0 Å². The highest BCUT2D eigenvalue weighted by atomic mass is 35.5. The number of amides is 1. The van der Waals surface area contributed by atoms with Crippen LogP contribution in [-0.4, -0.2) is 30.4 Å². The van der Waals surface area contributed by atoms with Gasteiger partial charge in [-0.1, -0.05) is 67.4 Å². The lowest BCUT2D eigenvalue weighted by Gasteiger charge is -2.33. The molecule has 0 bridgehead atoms. The molecule has 1 aliphatic rings. The second kappa shape index (κ2) is 8.43. The van der Waals surface area contributed by atoms with E-state index in [1.807, 2.05) is 24.3 Å². The lowest BCUT2D eigenvalue weighted by Crippen LogP contribution is -2.40. The average Bonchev–Trinajstić information content (AvgIpc) is 2.64. The van der Waals surface area contributed by atoms with Crippen molar-refractivity contribution in [2.75, 3.05) is 19.6 Å². The van der Waals surface area contributed by atoms with E-state index < -0.39 is 0 Å². The van der Waals surface area contributed by atoms with E-state index in [1.54, 1.807) is 6.07 Å². The molecule has 0 saturated carbocycles. The predicted octanol–water partition coefficient (Wildman–Crippen LogP) is 5.03.